The van der Waals surface area contributed by atoms with Crippen LogP contribution in [0.2, 0.25) is 0 Å². The van der Waals surface area contributed by atoms with Crippen LogP contribution in [0.25, 0.3) is 0 Å². The molecule has 34 heavy (non-hydrogen) atoms. The molecule has 0 radical (unpaired) electrons. The highest BCUT2D eigenvalue weighted by Crippen LogP contribution is 2.63. The summed E-state index contributed by atoms with van der Waals surface area (Å²) in [7, 11) is 0. The topological polar surface area (TPSA) is 12.0 Å². The number of hydrogen-bond acceptors (Lipinski definition) is 1. The lowest BCUT2D eigenvalue weighted by Gasteiger charge is -2.43. The molecule has 0 heterocycles. The monoisotopic (exact) mass is 555 g/mol. The zero-order chi connectivity index (χ0) is 27.8. The lowest BCUT2D eigenvalue weighted by Crippen LogP contribution is -2.75. The van der Waals surface area contributed by atoms with Crippen molar-refractivity contribution in [1.29, 1.82) is 0 Å². The highest BCUT2D eigenvalue weighted by Gasteiger charge is 2.95. The predicted molar refractivity (Wildman–Crippen MR) is 73.2 cm³/mol. The Kier molecular flexibility index (Phi) is 9.20. The molecule has 0 aromatic heterocycles. The summed E-state index contributed by atoms with van der Waals surface area (Å²) < 4.78 is 246. The maximum atomic E-state index is 13.5. The second-order valence-electron chi connectivity index (χ2n) is 6.67. The summed E-state index contributed by atoms with van der Waals surface area (Å²) in [5.74, 6) is -50.7. The van der Waals surface area contributed by atoms with Gasteiger partial charge in [0.2, 0.25) is 0 Å². The molecule has 0 saturated carbocycles. The highest BCUT2D eigenvalue weighted by molar-refractivity contribution is 5.14. The average molecular weight is 555 g/mol. The smallest absolute Gasteiger partial charge is 0.251 e. The Morgan fingerprint density at radius 3 is 1.18 bits per heavy atom. The summed E-state index contributed by atoms with van der Waals surface area (Å²) >= 11 is 0. The van der Waals surface area contributed by atoms with Crippen LogP contribution in [0.1, 0.15) is 25.7 Å². The zero-order valence-corrected chi connectivity index (χ0v) is 15.8. The largest absolute Gasteiger partial charge is 0.460 e. The maximum absolute atomic E-state index is 13.5. The van der Waals surface area contributed by atoms with Crippen molar-refractivity contribution in [3.63, 3.8) is 0 Å². The molecule has 0 bridgehead atoms. The van der Waals surface area contributed by atoms with Crippen molar-refractivity contribution in [3.05, 3.63) is 0 Å². The van der Waals surface area contributed by atoms with Crippen LogP contribution < -0.4 is 5.32 Å². The summed E-state index contributed by atoms with van der Waals surface area (Å²) in [6, 6.07) is -6.99. The molecule has 1 nitrogen and oxygen atoms in total. The Hall–Kier alpha value is -1.37. The van der Waals surface area contributed by atoms with E-state index >= 15 is 0 Å². The van der Waals surface area contributed by atoms with E-state index < -0.39 is 73.6 Å². The van der Waals surface area contributed by atoms with E-state index in [4.69, 9.17) is 0 Å². The van der Waals surface area contributed by atoms with Crippen molar-refractivity contribution in [3.8, 4) is 0 Å². The second-order valence-corrected chi connectivity index (χ2v) is 6.67. The zero-order valence-electron chi connectivity index (χ0n) is 15.8. The molecule has 0 amide bonds. The van der Waals surface area contributed by atoms with Crippen LogP contribution in [0.3, 0.4) is 0 Å². The van der Waals surface area contributed by atoms with Crippen LogP contribution in [-0.4, -0.2) is 60.7 Å². The van der Waals surface area contributed by atoms with E-state index in [9.17, 15) is 83.4 Å². The molecule has 0 rings (SSSR count). The summed E-state index contributed by atoms with van der Waals surface area (Å²) in [4.78, 5) is 0. The van der Waals surface area contributed by atoms with Crippen molar-refractivity contribution in [2.75, 3.05) is 6.67 Å². The third-order valence-electron chi connectivity index (χ3n) is 4.15. The fourth-order valence-corrected chi connectivity index (χ4v) is 2.12. The van der Waals surface area contributed by atoms with E-state index in [2.05, 4.69) is 0 Å². The first kappa shape index (κ1) is 32.6. The van der Waals surface area contributed by atoms with E-state index in [-0.39, 0.29) is 18.2 Å². The third-order valence-corrected chi connectivity index (χ3v) is 4.15. The molecule has 0 aliphatic heterocycles. The normalized spacial score (nSPS) is 16.7. The van der Waals surface area contributed by atoms with Crippen molar-refractivity contribution >= 4 is 0 Å². The number of alkyl halides is 19. The molecule has 0 fully saturated rings. The van der Waals surface area contributed by atoms with E-state index in [1.807, 2.05) is 0 Å². The van der Waals surface area contributed by atoms with Crippen molar-refractivity contribution in [2.24, 2.45) is 0 Å². The minimum Gasteiger partial charge on any atom is -0.251 e. The van der Waals surface area contributed by atoms with Gasteiger partial charge >= 0.3 is 47.8 Å². The van der Waals surface area contributed by atoms with Gasteiger partial charge in [0.15, 0.2) is 6.30 Å². The second kappa shape index (κ2) is 9.59. The van der Waals surface area contributed by atoms with Gasteiger partial charge in [-0.1, -0.05) is 6.42 Å². The Morgan fingerprint density at radius 2 is 0.824 bits per heavy atom. The van der Waals surface area contributed by atoms with Gasteiger partial charge in [0.1, 0.15) is 0 Å². The Bertz CT molecular complexity index is 666. The minimum absolute atomic E-state index is 0.302. The number of hydrogen-bond donors (Lipinski definition) is 1. The number of halogens is 19. The van der Waals surface area contributed by atoms with Crippen LogP contribution in [0.5, 0.6) is 0 Å². The van der Waals surface area contributed by atoms with Gasteiger partial charge in [-0.2, -0.15) is 74.6 Å². The van der Waals surface area contributed by atoms with Crippen LogP contribution in [-0.2, 0) is 0 Å². The summed E-state index contributed by atoms with van der Waals surface area (Å²) in [6.07, 6.45) is -13.9. The molecule has 0 spiro atoms. The maximum Gasteiger partial charge on any atom is 0.460 e. The average Bonchev–Trinajstić information content (AvgIpc) is 2.62. The molecule has 1 atom stereocenters. The SMILES string of the molecule is FCCCCCC(F)NC(F)(F)C(F)(F)C(F)(F)C(F)(F)C(F)(F)C(F)(F)C(F)(F)C(F)(F)F. The lowest BCUT2D eigenvalue weighted by molar-refractivity contribution is -0.463. The minimum atomic E-state index is -8.73. The molecule has 0 aliphatic carbocycles. The Labute approximate surface area is 176 Å². The van der Waals surface area contributed by atoms with Crippen molar-refractivity contribution in [2.45, 2.75) is 79.7 Å². The molecule has 206 valence electrons. The van der Waals surface area contributed by atoms with E-state index in [1.54, 1.807) is 0 Å². The van der Waals surface area contributed by atoms with Crippen LogP contribution in [0.4, 0.5) is 83.4 Å². The molecule has 20 heteroatoms. The first-order chi connectivity index (χ1) is 14.7. The van der Waals surface area contributed by atoms with Gasteiger partial charge in [0, 0.05) is 0 Å². The van der Waals surface area contributed by atoms with Gasteiger partial charge in [-0.15, -0.1) is 0 Å². The predicted octanol–water partition coefficient (Wildman–Crippen LogP) is 7.37. The van der Waals surface area contributed by atoms with Crippen LogP contribution in [0.15, 0.2) is 0 Å². The van der Waals surface area contributed by atoms with Crippen LogP contribution in [0, 0.1) is 0 Å². The fraction of sp³-hybridized carbons (Fsp3) is 1.00. The molecule has 0 aromatic carbocycles. The first-order valence-corrected chi connectivity index (χ1v) is 8.40. The molecular formula is C14H12F19N. The van der Waals surface area contributed by atoms with Crippen molar-refractivity contribution < 1.29 is 83.4 Å². The third kappa shape index (κ3) is 5.10. The molecule has 0 saturated heterocycles. The quantitative estimate of drug-likeness (QED) is 0.142. The highest BCUT2D eigenvalue weighted by atomic mass is 19.4. The van der Waals surface area contributed by atoms with Gasteiger partial charge in [-0.25, -0.2) is 9.71 Å². The van der Waals surface area contributed by atoms with Crippen molar-refractivity contribution in [1.82, 2.24) is 5.32 Å². The summed E-state index contributed by atoms with van der Waals surface area (Å²) in [6.45, 7) is -1.02. The molecule has 0 aromatic rings. The molecular weight excluding hydrogens is 543 g/mol. The van der Waals surface area contributed by atoms with Gasteiger partial charge in [-0.05, 0) is 19.3 Å². The first-order valence-electron chi connectivity index (χ1n) is 8.40. The van der Waals surface area contributed by atoms with E-state index in [0.717, 1.165) is 0 Å². The van der Waals surface area contributed by atoms with Gasteiger partial charge in [0.25, 0.3) is 0 Å². The molecule has 1 unspecified atom stereocenters. The lowest BCUT2D eigenvalue weighted by atomic mass is 9.90. The summed E-state index contributed by atoms with van der Waals surface area (Å²) in [5.41, 5.74) is 0. The standard InChI is InChI=1S/C14H12F19N/c15-5-3-1-2-4-6(16)34-14(32,33)12(27,28)10(23,24)8(19,20)7(17,18)9(21,22)11(25,26)13(29,30)31/h6,34H,1-5H2. The van der Waals surface area contributed by atoms with E-state index in [0.29, 0.717) is 0 Å². The fourth-order valence-electron chi connectivity index (χ4n) is 2.12. The number of unbranched alkanes of at least 4 members (excludes halogenated alkanes) is 2. The van der Waals surface area contributed by atoms with Gasteiger partial charge < -0.3 is 0 Å². The van der Waals surface area contributed by atoms with Gasteiger partial charge in [-0.3, -0.25) is 4.39 Å². The summed E-state index contributed by atoms with van der Waals surface area (Å²) in [5, 5.41) is -0.321. The Balaban J connectivity index is 6.25. The number of nitrogens with one attached hydrogen (secondary N) is 1. The molecule has 0 aliphatic rings. The Morgan fingerprint density at radius 1 is 0.471 bits per heavy atom. The van der Waals surface area contributed by atoms with Gasteiger partial charge in [0.05, 0.1) is 6.67 Å². The van der Waals surface area contributed by atoms with Crippen LogP contribution >= 0.6 is 0 Å². The number of rotatable bonds is 13. The molecule has 1 N–H and O–H groups in total. The van der Waals surface area contributed by atoms with E-state index in [1.165, 1.54) is 0 Å².